The molecule has 0 saturated carbocycles. The molecule has 0 unspecified atom stereocenters. The monoisotopic (exact) mass is 284 g/mol. The van der Waals surface area contributed by atoms with Crippen molar-refractivity contribution in [2.24, 2.45) is 0 Å². The first kappa shape index (κ1) is 15.3. The SMILES string of the molecule is COc1cccc(NC(=O)CSC[C@H]([NH3+])C(=O)[O-])c1. The summed E-state index contributed by atoms with van der Waals surface area (Å²) in [5, 5.41) is 13.1. The van der Waals surface area contributed by atoms with Crippen molar-refractivity contribution in [1.29, 1.82) is 0 Å². The van der Waals surface area contributed by atoms with Gasteiger partial charge >= 0.3 is 0 Å². The summed E-state index contributed by atoms with van der Waals surface area (Å²) < 4.78 is 5.04. The van der Waals surface area contributed by atoms with Crippen LogP contribution in [0.2, 0.25) is 0 Å². The van der Waals surface area contributed by atoms with Gasteiger partial charge in [-0.05, 0) is 12.1 Å². The first-order chi connectivity index (χ1) is 9.02. The molecule has 104 valence electrons. The zero-order chi connectivity index (χ0) is 14.3. The van der Waals surface area contributed by atoms with Crippen LogP contribution in [-0.4, -0.2) is 36.5 Å². The summed E-state index contributed by atoms with van der Waals surface area (Å²) in [6.45, 7) is 0. The summed E-state index contributed by atoms with van der Waals surface area (Å²) >= 11 is 1.20. The average Bonchev–Trinajstić information content (AvgIpc) is 2.38. The molecule has 4 N–H and O–H groups in total. The molecule has 1 rings (SSSR count). The molecule has 1 atom stereocenters. The van der Waals surface area contributed by atoms with E-state index in [2.05, 4.69) is 11.1 Å². The Bertz CT molecular complexity index is 453. The van der Waals surface area contributed by atoms with Crippen LogP contribution < -0.4 is 20.9 Å². The number of amides is 1. The Morgan fingerprint density at radius 2 is 2.26 bits per heavy atom. The molecule has 1 aromatic rings. The van der Waals surface area contributed by atoms with Crippen molar-refractivity contribution < 1.29 is 25.2 Å². The minimum absolute atomic E-state index is 0.163. The normalized spacial score (nSPS) is 11.7. The molecule has 0 bridgehead atoms. The van der Waals surface area contributed by atoms with E-state index in [-0.39, 0.29) is 17.4 Å². The highest BCUT2D eigenvalue weighted by molar-refractivity contribution is 8.00. The number of carbonyl (C=O) groups excluding carboxylic acids is 2. The van der Waals surface area contributed by atoms with Gasteiger partial charge in [0, 0.05) is 11.8 Å². The molecule has 0 radical (unpaired) electrons. The minimum atomic E-state index is -1.21. The summed E-state index contributed by atoms with van der Waals surface area (Å²) in [6, 6.07) is 6.18. The number of thioether (sulfide) groups is 1. The van der Waals surface area contributed by atoms with E-state index in [1.807, 2.05) is 0 Å². The van der Waals surface area contributed by atoms with Gasteiger partial charge in [-0.1, -0.05) is 6.07 Å². The van der Waals surface area contributed by atoms with Gasteiger partial charge < -0.3 is 25.7 Å². The summed E-state index contributed by atoms with van der Waals surface area (Å²) in [5.41, 5.74) is 4.05. The lowest BCUT2D eigenvalue weighted by atomic mass is 10.3. The van der Waals surface area contributed by atoms with E-state index < -0.39 is 12.0 Å². The Morgan fingerprint density at radius 3 is 2.89 bits per heavy atom. The van der Waals surface area contributed by atoms with Gasteiger partial charge in [-0.3, -0.25) is 4.79 Å². The Balaban J connectivity index is 2.36. The summed E-state index contributed by atoms with van der Waals surface area (Å²) in [4.78, 5) is 22.0. The number of quaternary nitrogens is 1. The molecule has 0 aliphatic carbocycles. The van der Waals surface area contributed by atoms with Crippen molar-refractivity contribution in [1.82, 2.24) is 0 Å². The van der Waals surface area contributed by atoms with Crippen molar-refractivity contribution in [3.63, 3.8) is 0 Å². The number of carboxylic acids is 1. The molecule has 0 aliphatic heterocycles. The summed E-state index contributed by atoms with van der Waals surface area (Å²) in [7, 11) is 1.55. The quantitative estimate of drug-likeness (QED) is 0.649. The van der Waals surface area contributed by atoms with Crippen LogP contribution >= 0.6 is 11.8 Å². The van der Waals surface area contributed by atoms with Gasteiger partial charge in [0.25, 0.3) is 0 Å². The third kappa shape index (κ3) is 5.62. The molecule has 19 heavy (non-hydrogen) atoms. The Hall–Kier alpha value is -1.73. The Morgan fingerprint density at radius 1 is 1.53 bits per heavy atom. The fourth-order valence-corrected chi connectivity index (χ4v) is 2.06. The highest BCUT2D eigenvalue weighted by Gasteiger charge is 2.09. The van der Waals surface area contributed by atoms with Crippen LogP contribution in [0.15, 0.2) is 24.3 Å². The van der Waals surface area contributed by atoms with Crippen molar-refractivity contribution in [3.05, 3.63) is 24.3 Å². The number of carboxylic acid groups (broad SMARTS) is 1. The number of nitrogens with one attached hydrogen (secondary N) is 1. The lowest BCUT2D eigenvalue weighted by molar-refractivity contribution is -0.431. The van der Waals surface area contributed by atoms with E-state index in [1.165, 1.54) is 11.8 Å². The highest BCUT2D eigenvalue weighted by atomic mass is 32.2. The van der Waals surface area contributed by atoms with Gasteiger partial charge in [-0.15, -0.1) is 11.8 Å². The van der Waals surface area contributed by atoms with Crippen LogP contribution in [0.1, 0.15) is 0 Å². The number of rotatable bonds is 7. The molecular formula is C12H16N2O4S. The Kier molecular flexibility index (Phi) is 6.17. The predicted octanol–water partition coefficient (Wildman–Crippen LogP) is -1.27. The fraction of sp³-hybridized carbons (Fsp3) is 0.333. The van der Waals surface area contributed by atoms with Gasteiger partial charge in [0.05, 0.1) is 24.6 Å². The average molecular weight is 284 g/mol. The summed E-state index contributed by atoms with van der Waals surface area (Å²) in [6.07, 6.45) is 0. The van der Waals surface area contributed by atoms with Crippen molar-refractivity contribution in [2.75, 3.05) is 23.9 Å². The lowest BCUT2D eigenvalue weighted by Gasteiger charge is -2.09. The van der Waals surface area contributed by atoms with Gasteiger partial charge in [0.2, 0.25) is 5.91 Å². The molecule has 1 aromatic carbocycles. The third-order valence-corrected chi connectivity index (χ3v) is 3.34. The standard InChI is InChI=1S/C12H16N2O4S/c1-18-9-4-2-3-8(5-9)14-11(15)7-19-6-10(13)12(16)17/h2-5,10H,6-7,13H2,1H3,(H,14,15)(H,16,17)/t10-/m0/s1. The van der Waals surface area contributed by atoms with Crippen LogP contribution in [0.4, 0.5) is 5.69 Å². The zero-order valence-electron chi connectivity index (χ0n) is 10.5. The fourth-order valence-electron chi connectivity index (χ4n) is 1.26. The van der Waals surface area contributed by atoms with Crippen molar-refractivity contribution in [3.8, 4) is 5.75 Å². The molecule has 0 spiro atoms. The van der Waals surface area contributed by atoms with E-state index in [0.29, 0.717) is 11.4 Å². The summed E-state index contributed by atoms with van der Waals surface area (Å²) in [5.74, 6) is -0.352. The smallest absolute Gasteiger partial charge is 0.234 e. The van der Waals surface area contributed by atoms with Crippen LogP contribution in [0, 0.1) is 0 Å². The second-order valence-electron chi connectivity index (χ2n) is 3.81. The van der Waals surface area contributed by atoms with Crippen molar-refractivity contribution >= 4 is 29.3 Å². The number of carbonyl (C=O) groups is 2. The van der Waals surface area contributed by atoms with Gasteiger partial charge in [-0.25, -0.2) is 0 Å². The van der Waals surface area contributed by atoms with Crippen LogP contribution in [0.3, 0.4) is 0 Å². The van der Waals surface area contributed by atoms with Crippen LogP contribution in [0.25, 0.3) is 0 Å². The van der Waals surface area contributed by atoms with E-state index in [1.54, 1.807) is 31.4 Å². The van der Waals surface area contributed by atoms with E-state index in [0.717, 1.165) is 0 Å². The molecule has 6 nitrogen and oxygen atoms in total. The van der Waals surface area contributed by atoms with E-state index >= 15 is 0 Å². The lowest BCUT2D eigenvalue weighted by Crippen LogP contribution is -2.69. The first-order valence-corrected chi connectivity index (χ1v) is 6.74. The molecule has 7 heteroatoms. The molecule has 0 fully saturated rings. The number of benzene rings is 1. The maximum Gasteiger partial charge on any atom is 0.234 e. The predicted molar refractivity (Wildman–Crippen MR) is 70.6 cm³/mol. The van der Waals surface area contributed by atoms with E-state index in [4.69, 9.17) is 4.74 Å². The number of hydrogen-bond acceptors (Lipinski definition) is 5. The number of aliphatic carboxylic acids is 1. The zero-order valence-corrected chi connectivity index (χ0v) is 11.4. The molecule has 0 heterocycles. The van der Waals surface area contributed by atoms with Gasteiger partial charge in [0.1, 0.15) is 11.8 Å². The maximum atomic E-state index is 11.6. The van der Waals surface area contributed by atoms with Gasteiger partial charge in [-0.2, -0.15) is 0 Å². The second kappa shape index (κ2) is 7.65. The molecule has 1 amide bonds. The largest absolute Gasteiger partial charge is 0.544 e. The minimum Gasteiger partial charge on any atom is -0.544 e. The van der Waals surface area contributed by atoms with E-state index in [9.17, 15) is 14.7 Å². The second-order valence-corrected chi connectivity index (χ2v) is 4.84. The topological polar surface area (TPSA) is 106 Å². The molecule has 0 saturated heterocycles. The molecule has 0 aromatic heterocycles. The van der Waals surface area contributed by atoms with Gasteiger partial charge in [0.15, 0.2) is 0 Å². The van der Waals surface area contributed by atoms with Crippen molar-refractivity contribution in [2.45, 2.75) is 6.04 Å². The first-order valence-electron chi connectivity index (χ1n) is 5.58. The third-order valence-electron chi connectivity index (χ3n) is 2.24. The Labute approximate surface area is 115 Å². The number of hydrogen-bond donors (Lipinski definition) is 2. The number of methoxy groups -OCH3 is 1. The number of anilines is 1. The maximum absolute atomic E-state index is 11.6. The number of ether oxygens (including phenoxy) is 1. The highest BCUT2D eigenvalue weighted by Crippen LogP contribution is 2.16. The van der Waals surface area contributed by atoms with Crippen LogP contribution in [-0.2, 0) is 9.59 Å². The molecular weight excluding hydrogens is 268 g/mol. The molecule has 0 aliphatic rings. The van der Waals surface area contributed by atoms with Crippen LogP contribution in [0.5, 0.6) is 5.75 Å².